The normalized spacial score (nSPS) is 11.5. The lowest BCUT2D eigenvalue weighted by Crippen LogP contribution is -1.82. The van der Waals surface area contributed by atoms with Crippen LogP contribution in [0.3, 0.4) is 0 Å². The third-order valence-corrected chi connectivity index (χ3v) is 2.86. The van der Waals surface area contributed by atoms with Gasteiger partial charge in [-0.25, -0.2) is 9.37 Å². The number of pyridine rings is 1. The van der Waals surface area contributed by atoms with Gasteiger partial charge < -0.3 is 5.11 Å². The summed E-state index contributed by atoms with van der Waals surface area (Å²) in [5, 5.41) is 17.9. The Labute approximate surface area is 114 Å². The molecule has 0 aliphatic heterocycles. The van der Waals surface area contributed by atoms with Gasteiger partial charge in [0.15, 0.2) is 17.2 Å². The summed E-state index contributed by atoms with van der Waals surface area (Å²) in [6.45, 7) is 1.78. The van der Waals surface area contributed by atoms with E-state index in [4.69, 9.17) is 0 Å². The molecule has 2 heterocycles. The Kier molecular flexibility index (Phi) is 2.90. The fraction of sp³-hybridized carbons (Fsp3) is 0.0714. The molecule has 3 aromatic rings. The van der Waals surface area contributed by atoms with Crippen molar-refractivity contribution in [3.8, 4) is 5.75 Å². The van der Waals surface area contributed by atoms with Gasteiger partial charge >= 0.3 is 0 Å². The number of hydrogen-bond acceptors (Lipinski definition) is 4. The third-order valence-electron chi connectivity index (χ3n) is 2.86. The van der Waals surface area contributed by atoms with Crippen LogP contribution in [-0.4, -0.2) is 14.5 Å². The standard InChI is InChI=1S/C14H11FN4O/c1-9-13(18-17-11-6-4-10(15)5-7-11)19-8-2-3-12(20)14(19)16-9/h2-8,20H,1H3. The average Bonchev–Trinajstić information content (AvgIpc) is 2.76. The summed E-state index contributed by atoms with van der Waals surface area (Å²) < 4.78 is 14.5. The summed E-state index contributed by atoms with van der Waals surface area (Å²) in [5.41, 5.74) is 1.62. The molecule has 0 aliphatic rings. The summed E-state index contributed by atoms with van der Waals surface area (Å²) in [6, 6.07) is 8.97. The number of aromatic nitrogens is 2. The highest BCUT2D eigenvalue weighted by Gasteiger charge is 2.10. The van der Waals surface area contributed by atoms with E-state index in [0.717, 1.165) is 0 Å². The number of aromatic hydroxyl groups is 1. The van der Waals surface area contributed by atoms with E-state index in [0.29, 0.717) is 22.8 Å². The van der Waals surface area contributed by atoms with E-state index >= 15 is 0 Å². The molecular formula is C14H11FN4O. The van der Waals surface area contributed by atoms with Crippen LogP contribution < -0.4 is 0 Å². The van der Waals surface area contributed by atoms with Crippen LogP contribution in [0, 0.1) is 12.7 Å². The van der Waals surface area contributed by atoms with Gasteiger partial charge in [0, 0.05) is 6.20 Å². The van der Waals surface area contributed by atoms with Crippen molar-refractivity contribution in [2.45, 2.75) is 6.92 Å². The molecule has 0 spiro atoms. The molecule has 0 radical (unpaired) electrons. The molecule has 1 N–H and O–H groups in total. The second-order valence-electron chi connectivity index (χ2n) is 4.28. The molecule has 6 heteroatoms. The van der Waals surface area contributed by atoms with Crippen molar-refractivity contribution < 1.29 is 9.50 Å². The Hall–Kier alpha value is -2.76. The first-order chi connectivity index (χ1) is 9.65. The predicted octanol–water partition coefficient (Wildman–Crippen LogP) is 3.90. The van der Waals surface area contributed by atoms with E-state index in [1.54, 1.807) is 29.7 Å². The second kappa shape index (κ2) is 4.73. The van der Waals surface area contributed by atoms with Crippen LogP contribution in [0.15, 0.2) is 52.8 Å². The monoisotopic (exact) mass is 270 g/mol. The molecule has 20 heavy (non-hydrogen) atoms. The van der Waals surface area contributed by atoms with Crippen molar-refractivity contribution in [1.29, 1.82) is 0 Å². The molecule has 0 bridgehead atoms. The molecule has 0 atom stereocenters. The summed E-state index contributed by atoms with van der Waals surface area (Å²) >= 11 is 0. The molecule has 0 fully saturated rings. The number of hydrogen-bond donors (Lipinski definition) is 1. The molecule has 5 nitrogen and oxygen atoms in total. The molecule has 0 saturated carbocycles. The van der Waals surface area contributed by atoms with E-state index < -0.39 is 0 Å². The molecule has 2 aromatic heterocycles. The Morgan fingerprint density at radius 2 is 1.90 bits per heavy atom. The van der Waals surface area contributed by atoms with Crippen molar-refractivity contribution >= 4 is 17.2 Å². The van der Waals surface area contributed by atoms with Crippen molar-refractivity contribution in [3.05, 3.63) is 54.1 Å². The number of benzene rings is 1. The highest BCUT2D eigenvalue weighted by molar-refractivity contribution is 5.59. The molecule has 1 aromatic carbocycles. The zero-order chi connectivity index (χ0) is 14.1. The van der Waals surface area contributed by atoms with Gasteiger partial charge in [0.2, 0.25) is 0 Å². The highest BCUT2D eigenvalue weighted by Crippen LogP contribution is 2.27. The van der Waals surface area contributed by atoms with Gasteiger partial charge in [-0.2, -0.15) is 0 Å². The van der Waals surface area contributed by atoms with Crippen LogP contribution in [0.2, 0.25) is 0 Å². The first-order valence-electron chi connectivity index (χ1n) is 5.99. The lowest BCUT2D eigenvalue weighted by Gasteiger charge is -1.97. The maximum absolute atomic E-state index is 12.8. The van der Waals surface area contributed by atoms with E-state index in [9.17, 15) is 9.50 Å². The summed E-state index contributed by atoms with van der Waals surface area (Å²) in [6.07, 6.45) is 1.74. The summed E-state index contributed by atoms with van der Waals surface area (Å²) in [5.74, 6) is 0.291. The van der Waals surface area contributed by atoms with Gasteiger partial charge in [0.25, 0.3) is 0 Å². The fourth-order valence-electron chi connectivity index (χ4n) is 1.89. The maximum Gasteiger partial charge on any atom is 0.182 e. The molecule has 0 unspecified atom stereocenters. The largest absolute Gasteiger partial charge is 0.504 e. The van der Waals surface area contributed by atoms with Gasteiger partial charge in [0.1, 0.15) is 5.82 Å². The van der Waals surface area contributed by atoms with Gasteiger partial charge in [0.05, 0.1) is 11.4 Å². The summed E-state index contributed by atoms with van der Waals surface area (Å²) in [4.78, 5) is 4.24. The molecule has 3 rings (SSSR count). The number of fused-ring (bicyclic) bond motifs is 1. The number of azo groups is 1. The van der Waals surface area contributed by atoms with E-state index in [2.05, 4.69) is 15.2 Å². The maximum atomic E-state index is 12.8. The van der Waals surface area contributed by atoms with Gasteiger partial charge in [-0.05, 0) is 43.3 Å². The Morgan fingerprint density at radius 1 is 1.15 bits per heavy atom. The smallest absolute Gasteiger partial charge is 0.182 e. The summed E-state index contributed by atoms with van der Waals surface area (Å²) in [7, 11) is 0. The number of halogens is 1. The minimum absolute atomic E-state index is 0.0823. The van der Waals surface area contributed by atoms with Crippen LogP contribution >= 0.6 is 0 Å². The van der Waals surface area contributed by atoms with E-state index in [1.807, 2.05) is 0 Å². The van der Waals surface area contributed by atoms with Crippen molar-refractivity contribution in [1.82, 2.24) is 9.38 Å². The lowest BCUT2D eigenvalue weighted by molar-refractivity contribution is 0.477. The molecule has 0 saturated heterocycles. The fourth-order valence-corrected chi connectivity index (χ4v) is 1.89. The Morgan fingerprint density at radius 3 is 2.65 bits per heavy atom. The quantitative estimate of drug-likeness (QED) is 0.718. The molecular weight excluding hydrogens is 259 g/mol. The first kappa shape index (κ1) is 12.3. The van der Waals surface area contributed by atoms with Crippen LogP contribution in [0.4, 0.5) is 15.9 Å². The number of imidazole rings is 1. The van der Waals surface area contributed by atoms with Crippen molar-refractivity contribution in [2.75, 3.05) is 0 Å². The van der Waals surface area contributed by atoms with Crippen LogP contribution in [-0.2, 0) is 0 Å². The second-order valence-corrected chi connectivity index (χ2v) is 4.28. The Bertz CT molecular complexity index is 793. The number of aryl methyl sites for hydroxylation is 1. The minimum atomic E-state index is -0.320. The zero-order valence-corrected chi connectivity index (χ0v) is 10.7. The topological polar surface area (TPSA) is 62.2 Å². The number of nitrogens with zero attached hydrogens (tertiary/aromatic N) is 4. The minimum Gasteiger partial charge on any atom is -0.504 e. The SMILES string of the molecule is Cc1nc2c(O)cccn2c1N=Nc1ccc(F)cc1. The van der Waals surface area contributed by atoms with E-state index in [-0.39, 0.29) is 11.6 Å². The highest BCUT2D eigenvalue weighted by atomic mass is 19.1. The number of rotatable bonds is 2. The van der Waals surface area contributed by atoms with E-state index in [1.165, 1.54) is 24.3 Å². The van der Waals surface area contributed by atoms with Crippen molar-refractivity contribution in [2.24, 2.45) is 10.2 Å². The zero-order valence-electron chi connectivity index (χ0n) is 10.7. The molecule has 0 amide bonds. The van der Waals surface area contributed by atoms with Crippen LogP contribution in [0.5, 0.6) is 5.75 Å². The molecule has 100 valence electrons. The van der Waals surface area contributed by atoms with Gasteiger partial charge in [-0.15, -0.1) is 10.2 Å². The van der Waals surface area contributed by atoms with Gasteiger partial charge in [-0.1, -0.05) is 0 Å². The first-order valence-corrected chi connectivity index (χ1v) is 5.99. The van der Waals surface area contributed by atoms with Crippen LogP contribution in [0.25, 0.3) is 5.65 Å². The molecule has 0 aliphatic carbocycles. The predicted molar refractivity (Wildman–Crippen MR) is 72.2 cm³/mol. The lowest BCUT2D eigenvalue weighted by atomic mass is 10.3. The average molecular weight is 270 g/mol. The Balaban J connectivity index is 2.04. The third kappa shape index (κ3) is 2.11. The van der Waals surface area contributed by atoms with Crippen LogP contribution in [0.1, 0.15) is 5.69 Å². The van der Waals surface area contributed by atoms with Crippen molar-refractivity contribution in [3.63, 3.8) is 0 Å². The van der Waals surface area contributed by atoms with Gasteiger partial charge in [-0.3, -0.25) is 4.40 Å².